The number of fused-ring (bicyclic) bond motifs is 1. The van der Waals surface area contributed by atoms with Gasteiger partial charge in [0.1, 0.15) is 5.65 Å². The summed E-state index contributed by atoms with van der Waals surface area (Å²) in [4.78, 5) is 18.9. The number of carbonyl (C=O) groups excluding carboxylic acids is 1. The van der Waals surface area contributed by atoms with Crippen LogP contribution in [0.5, 0.6) is 0 Å². The van der Waals surface area contributed by atoms with E-state index >= 15 is 0 Å². The first-order valence-electron chi connectivity index (χ1n) is 6.49. The normalized spacial score (nSPS) is 16.2. The van der Waals surface area contributed by atoms with Crippen LogP contribution in [0.15, 0.2) is 24.5 Å². The van der Waals surface area contributed by atoms with Gasteiger partial charge in [-0.15, -0.1) is 0 Å². The van der Waals surface area contributed by atoms with Gasteiger partial charge in [0.2, 0.25) is 0 Å². The minimum absolute atomic E-state index is 0.117. The van der Waals surface area contributed by atoms with Crippen molar-refractivity contribution in [3.63, 3.8) is 0 Å². The molecule has 0 bridgehead atoms. The van der Waals surface area contributed by atoms with Crippen LogP contribution in [0.25, 0.3) is 5.65 Å². The smallest absolute Gasteiger partial charge is 0.257 e. The SMILES string of the molecule is Cc1cn2cccc(C(=O)N3CCCCC3)c2n1. The van der Waals surface area contributed by atoms with Crippen LogP contribution in [0.2, 0.25) is 0 Å². The van der Waals surface area contributed by atoms with E-state index < -0.39 is 0 Å². The van der Waals surface area contributed by atoms with E-state index in [1.807, 2.05) is 40.8 Å². The Labute approximate surface area is 106 Å². The van der Waals surface area contributed by atoms with Crippen LogP contribution in [0.3, 0.4) is 0 Å². The van der Waals surface area contributed by atoms with E-state index in [2.05, 4.69) is 4.98 Å². The lowest BCUT2D eigenvalue weighted by Crippen LogP contribution is -2.35. The Balaban J connectivity index is 2.00. The molecule has 1 fully saturated rings. The zero-order chi connectivity index (χ0) is 12.5. The summed E-state index contributed by atoms with van der Waals surface area (Å²) >= 11 is 0. The number of aromatic nitrogens is 2. The first-order valence-corrected chi connectivity index (χ1v) is 6.49. The van der Waals surface area contributed by atoms with Gasteiger partial charge in [-0.2, -0.15) is 0 Å². The number of piperidine rings is 1. The summed E-state index contributed by atoms with van der Waals surface area (Å²) in [6.45, 7) is 3.70. The van der Waals surface area contributed by atoms with Crippen molar-refractivity contribution in [1.29, 1.82) is 0 Å². The molecule has 18 heavy (non-hydrogen) atoms. The minimum atomic E-state index is 0.117. The minimum Gasteiger partial charge on any atom is -0.339 e. The van der Waals surface area contributed by atoms with E-state index in [1.54, 1.807) is 0 Å². The number of amides is 1. The molecule has 1 aliphatic rings. The molecule has 0 saturated carbocycles. The standard InChI is InChI=1S/C14H17N3O/c1-11-10-17-9-5-6-12(13(17)15-11)14(18)16-7-3-2-4-8-16/h5-6,9-10H,2-4,7-8H2,1H3. The second-order valence-corrected chi connectivity index (χ2v) is 4.89. The first-order chi connectivity index (χ1) is 8.75. The molecule has 0 radical (unpaired) electrons. The van der Waals surface area contributed by atoms with Crippen LogP contribution >= 0.6 is 0 Å². The summed E-state index contributed by atoms with van der Waals surface area (Å²) in [5, 5.41) is 0. The van der Waals surface area contributed by atoms with Crippen LogP contribution in [0.1, 0.15) is 35.3 Å². The van der Waals surface area contributed by atoms with E-state index in [9.17, 15) is 4.79 Å². The van der Waals surface area contributed by atoms with E-state index in [4.69, 9.17) is 0 Å². The fraction of sp³-hybridized carbons (Fsp3) is 0.429. The van der Waals surface area contributed by atoms with E-state index in [1.165, 1.54) is 6.42 Å². The molecule has 2 aromatic heterocycles. The van der Waals surface area contributed by atoms with Gasteiger partial charge in [-0.05, 0) is 38.3 Å². The molecule has 1 amide bonds. The molecule has 1 saturated heterocycles. The van der Waals surface area contributed by atoms with Gasteiger partial charge in [-0.1, -0.05) is 0 Å². The van der Waals surface area contributed by atoms with Gasteiger partial charge in [-0.3, -0.25) is 4.79 Å². The van der Waals surface area contributed by atoms with Crippen LogP contribution in [-0.2, 0) is 0 Å². The largest absolute Gasteiger partial charge is 0.339 e. The second kappa shape index (κ2) is 4.44. The number of rotatable bonds is 1. The van der Waals surface area contributed by atoms with Crippen molar-refractivity contribution in [2.45, 2.75) is 26.2 Å². The predicted octanol–water partition coefficient (Wildman–Crippen LogP) is 2.27. The third kappa shape index (κ3) is 1.88. The predicted molar refractivity (Wildman–Crippen MR) is 69.7 cm³/mol. The number of pyridine rings is 1. The molecule has 0 N–H and O–H groups in total. The van der Waals surface area contributed by atoms with Crippen molar-refractivity contribution in [2.75, 3.05) is 13.1 Å². The summed E-state index contributed by atoms with van der Waals surface area (Å²) in [5.74, 6) is 0.117. The Bertz CT molecular complexity index is 582. The van der Waals surface area contributed by atoms with Gasteiger partial charge in [0, 0.05) is 25.5 Å². The van der Waals surface area contributed by atoms with Gasteiger partial charge in [0.15, 0.2) is 0 Å². The van der Waals surface area contributed by atoms with Crippen molar-refractivity contribution in [2.24, 2.45) is 0 Å². The number of aryl methyl sites for hydroxylation is 1. The third-order valence-corrected chi connectivity index (χ3v) is 3.48. The van der Waals surface area contributed by atoms with E-state index in [-0.39, 0.29) is 5.91 Å². The number of nitrogens with zero attached hydrogens (tertiary/aromatic N) is 3. The average molecular weight is 243 g/mol. The molecular weight excluding hydrogens is 226 g/mol. The Morgan fingerprint density at radius 1 is 1.28 bits per heavy atom. The van der Waals surface area contributed by atoms with Gasteiger partial charge in [0.05, 0.1) is 11.3 Å². The van der Waals surface area contributed by atoms with Crippen LogP contribution in [0, 0.1) is 6.92 Å². The summed E-state index contributed by atoms with van der Waals surface area (Å²) in [5.41, 5.74) is 2.42. The lowest BCUT2D eigenvalue weighted by Gasteiger charge is -2.26. The monoisotopic (exact) mass is 243 g/mol. The maximum Gasteiger partial charge on any atom is 0.257 e. The lowest BCUT2D eigenvalue weighted by molar-refractivity contribution is 0.0725. The number of hydrogen-bond donors (Lipinski definition) is 0. The highest BCUT2D eigenvalue weighted by Gasteiger charge is 2.20. The maximum absolute atomic E-state index is 12.5. The maximum atomic E-state index is 12.5. The van der Waals surface area contributed by atoms with Crippen LogP contribution in [0.4, 0.5) is 0 Å². The molecule has 0 aromatic carbocycles. The molecule has 4 nitrogen and oxygen atoms in total. The number of hydrogen-bond acceptors (Lipinski definition) is 2. The van der Waals surface area contributed by atoms with Crippen LogP contribution < -0.4 is 0 Å². The Kier molecular flexibility index (Phi) is 2.78. The molecule has 3 rings (SSSR count). The zero-order valence-electron chi connectivity index (χ0n) is 10.6. The van der Waals surface area contributed by atoms with Crippen molar-refractivity contribution in [3.05, 3.63) is 35.8 Å². The number of carbonyl (C=O) groups is 1. The van der Waals surface area contributed by atoms with Gasteiger partial charge in [0.25, 0.3) is 5.91 Å². The molecule has 3 heterocycles. The molecule has 1 aliphatic heterocycles. The van der Waals surface area contributed by atoms with Gasteiger partial charge >= 0.3 is 0 Å². The second-order valence-electron chi connectivity index (χ2n) is 4.89. The third-order valence-electron chi connectivity index (χ3n) is 3.48. The first kappa shape index (κ1) is 11.3. The fourth-order valence-corrected chi connectivity index (χ4v) is 2.57. The topological polar surface area (TPSA) is 37.6 Å². The van der Waals surface area contributed by atoms with Crippen molar-refractivity contribution >= 4 is 11.6 Å². The molecule has 0 aliphatic carbocycles. The van der Waals surface area contributed by atoms with Crippen molar-refractivity contribution in [1.82, 2.24) is 14.3 Å². The highest BCUT2D eigenvalue weighted by molar-refractivity contribution is 5.99. The van der Waals surface area contributed by atoms with E-state index in [0.29, 0.717) is 5.56 Å². The molecule has 2 aromatic rings. The van der Waals surface area contributed by atoms with E-state index in [0.717, 1.165) is 37.3 Å². The van der Waals surface area contributed by atoms with Crippen molar-refractivity contribution < 1.29 is 4.79 Å². The summed E-state index contributed by atoms with van der Waals surface area (Å²) in [6.07, 6.45) is 7.34. The molecule has 94 valence electrons. The van der Waals surface area contributed by atoms with Crippen molar-refractivity contribution in [3.8, 4) is 0 Å². The Hall–Kier alpha value is -1.84. The molecule has 0 spiro atoms. The highest BCUT2D eigenvalue weighted by Crippen LogP contribution is 2.16. The average Bonchev–Trinajstić information content (AvgIpc) is 2.79. The summed E-state index contributed by atoms with van der Waals surface area (Å²) < 4.78 is 1.92. The lowest BCUT2D eigenvalue weighted by atomic mass is 10.1. The molecule has 0 atom stereocenters. The fourth-order valence-electron chi connectivity index (χ4n) is 2.57. The van der Waals surface area contributed by atoms with Crippen LogP contribution in [-0.4, -0.2) is 33.3 Å². The van der Waals surface area contributed by atoms with Gasteiger partial charge < -0.3 is 9.30 Å². The van der Waals surface area contributed by atoms with Gasteiger partial charge in [-0.25, -0.2) is 4.98 Å². The Morgan fingerprint density at radius 2 is 2.06 bits per heavy atom. The number of imidazole rings is 1. The summed E-state index contributed by atoms with van der Waals surface area (Å²) in [7, 11) is 0. The molecular formula is C14H17N3O. The Morgan fingerprint density at radius 3 is 2.83 bits per heavy atom. The summed E-state index contributed by atoms with van der Waals surface area (Å²) in [6, 6.07) is 3.78. The molecule has 0 unspecified atom stereocenters. The highest BCUT2D eigenvalue weighted by atomic mass is 16.2. The molecule has 4 heteroatoms. The zero-order valence-corrected chi connectivity index (χ0v) is 10.6. The quantitative estimate of drug-likeness (QED) is 0.770. The number of likely N-dealkylation sites (tertiary alicyclic amines) is 1.